The smallest absolute Gasteiger partial charge is 0.307 e. The highest BCUT2D eigenvalue weighted by atomic mass is 19.1. The predicted octanol–water partition coefficient (Wildman–Crippen LogP) is 2.43. The van der Waals surface area contributed by atoms with Gasteiger partial charge in [0.25, 0.3) is 0 Å². The van der Waals surface area contributed by atoms with Gasteiger partial charge in [-0.15, -0.1) is 0 Å². The zero-order valence-electron chi connectivity index (χ0n) is 11.0. The van der Waals surface area contributed by atoms with E-state index in [-0.39, 0.29) is 5.91 Å². The van der Waals surface area contributed by atoms with E-state index >= 15 is 0 Å². The van der Waals surface area contributed by atoms with Crippen LogP contribution in [0.25, 0.3) is 0 Å². The summed E-state index contributed by atoms with van der Waals surface area (Å²) in [7, 11) is 0. The summed E-state index contributed by atoms with van der Waals surface area (Å²) in [6.45, 7) is 5.11. The molecule has 0 radical (unpaired) electrons. The van der Waals surface area contributed by atoms with Gasteiger partial charge in [0.05, 0.1) is 11.8 Å². The van der Waals surface area contributed by atoms with Gasteiger partial charge in [0.15, 0.2) is 0 Å². The lowest BCUT2D eigenvalue weighted by Gasteiger charge is -2.07. The van der Waals surface area contributed by atoms with Gasteiger partial charge in [-0.05, 0) is 30.0 Å². The fourth-order valence-electron chi connectivity index (χ4n) is 2.48. The maximum Gasteiger partial charge on any atom is 0.307 e. The zero-order chi connectivity index (χ0) is 14.4. The van der Waals surface area contributed by atoms with Crippen LogP contribution in [0.1, 0.15) is 19.4 Å². The van der Waals surface area contributed by atoms with Crippen molar-refractivity contribution < 1.29 is 19.1 Å². The van der Waals surface area contributed by atoms with E-state index in [1.54, 1.807) is 32.9 Å². The van der Waals surface area contributed by atoms with Crippen molar-refractivity contribution in [1.29, 1.82) is 0 Å². The molecule has 0 spiro atoms. The summed E-state index contributed by atoms with van der Waals surface area (Å²) in [4.78, 5) is 23.0. The van der Waals surface area contributed by atoms with Crippen LogP contribution in [0.15, 0.2) is 18.2 Å². The molecule has 1 saturated carbocycles. The third-order valence-electron chi connectivity index (χ3n) is 3.82. The second kappa shape index (κ2) is 4.33. The molecule has 1 aliphatic rings. The molecule has 1 amide bonds. The molecule has 0 aliphatic heterocycles. The number of carboxylic acids is 1. The number of anilines is 1. The minimum atomic E-state index is -0.972. The van der Waals surface area contributed by atoms with Crippen molar-refractivity contribution in [2.45, 2.75) is 20.8 Å². The Labute approximate surface area is 110 Å². The summed E-state index contributed by atoms with van der Waals surface area (Å²) < 4.78 is 13.4. The van der Waals surface area contributed by atoms with E-state index in [9.17, 15) is 14.0 Å². The summed E-state index contributed by atoms with van der Waals surface area (Å²) in [6, 6.07) is 4.40. The van der Waals surface area contributed by atoms with Crippen LogP contribution in [0.2, 0.25) is 0 Å². The number of carbonyl (C=O) groups is 2. The number of benzene rings is 1. The van der Waals surface area contributed by atoms with Crippen molar-refractivity contribution in [2.75, 3.05) is 5.32 Å². The summed E-state index contributed by atoms with van der Waals surface area (Å²) in [5.74, 6) is -3.00. The Morgan fingerprint density at radius 3 is 2.42 bits per heavy atom. The Bertz CT molecular complexity index is 554. The van der Waals surface area contributed by atoms with Crippen LogP contribution in [0, 0.1) is 30.0 Å². The van der Waals surface area contributed by atoms with Gasteiger partial charge in [0.2, 0.25) is 5.91 Å². The summed E-state index contributed by atoms with van der Waals surface area (Å²) in [5.41, 5.74) is 0.284. The number of halogens is 1. The van der Waals surface area contributed by atoms with Gasteiger partial charge in [-0.2, -0.15) is 0 Å². The van der Waals surface area contributed by atoms with E-state index < -0.39 is 29.0 Å². The highest BCUT2D eigenvalue weighted by Crippen LogP contribution is 2.58. The predicted molar refractivity (Wildman–Crippen MR) is 68.2 cm³/mol. The Morgan fingerprint density at radius 1 is 1.32 bits per heavy atom. The summed E-state index contributed by atoms with van der Waals surface area (Å²) in [5, 5.41) is 11.6. The number of rotatable bonds is 3. The fraction of sp³-hybridized carbons (Fsp3) is 0.429. The first-order valence-electron chi connectivity index (χ1n) is 6.05. The molecule has 4 nitrogen and oxygen atoms in total. The van der Waals surface area contributed by atoms with E-state index in [4.69, 9.17) is 5.11 Å². The van der Waals surface area contributed by atoms with Gasteiger partial charge in [0.1, 0.15) is 5.82 Å². The van der Waals surface area contributed by atoms with Crippen LogP contribution in [0.4, 0.5) is 10.1 Å². The fourth-order valence-corrected chi connectivity index (χ4v) is 2.48. The van der Waals surface area contributed by atoms with Crippen LogP contribution in [0.3, 0.4) is 0 Å². The average Bonchev–Trinajstić information content (AvgIpc) is 2.87. The number of carboxylic acid groups (broad SMARTS) is 1. The molecule has 2 N–H and O–H groups in total. The molecule has 1 aromatic rings. The number of carbonyl (C=O) groups excluding carboxylic acids is 1. The molecule has 102 valence electrons. The van der Waals surface area contributed by atoms with E-state index in [2.05, 4.69) is 5.32 Å². The normalized spacial score (nSPS) is 23.8. The van der Waals surface area contributed by atoms with E-state index in [0.717, 1.165) is 0 Å². The SMILES string of the molecule is Cc1ccc(NC(=O)C2C(C(=O)O)C2(C)C)cc1F. The highest BCUT2D eigenvalue weighted by molar-refractivity contribution is 5.99. The van der Waals surface area contributed by atoms with Crippen LogP contribution in [-0.2, 0) is 9.59 Å². The number of hydrogen-bond acceptors (Lipinski definition) is 2. The van der Waals surface area contributed by atoms with E-state index in [1.165, 1.54) is 6.07 Å². The molecular weight excluding hydrogens is 249 g/mol. The topological polar surface area (TPSA) is 66.4 Å². The van der Waals surface area contributed by atoms with Crippen molar-refractivity contribution in [1.82, 2.24) is 0 Å². The van der Waals surface area contributed by atoms with E-state index in [0.29, 0.717) is 11.3 Å². The lowest BCUT2D eigenvalue weighted by molar-refractivity contribution is -0.140. The van der Waals surface area contributed by atoms with Crippen molar-refractivity contribution in [3.05, 3.63) is 29.6 Å². The molecule has 2 atom stereocenters. The molecule has 0 bridgehead atoms. The Kier molecular flexibility index (Phi) is 3.08. The number of amides is 1. The molecule has 1 fully saturated rings. The van der Waals surface area contributed by atoms with Crippen molar-refractivity contribution in [3.8, 4) is 0 Å². The molecule has 0 aromatic heterocycles. The zero-order valence-corrected chi connectivity index (χ0v) is 11.0. The second-order valence-corrected chi connectivity index (χ2v) is 5.57. The number of aryl methyl sites for hydroxylation is 1. The maximum atomic E-state index is 13.4. The summed E-state index contributed by atoms with van der Waals surface area (Å²) >= 11 is 0. The van der Waals surface area contributed by atoms with Crippen LogP contribution >= 0.6 is 0 Å². The van der Waals surface area contributed by atoms with Crippen molar-refractivity contribution >= 4 is 17.6 Å². The molecule has 2 rings (SSSR count). The van der Waals surface area contributed by atoms with Gasteiger partial charge in [-0.25, -0.2) is 4.39 Å². The van der Waals surface area contributed by atoms with Gasteiger partial charge in [-0.1, -0.05) is 19.9 Å². The first-order chi connectivity index (χ1) is 8.75. The first-order valence-corrected chi connectivity index (χ1v) is 6.05. The van der Waals surface area contributed by atoms with Crippen molar-refractivity contribution in [2.24, 2.45) is 17.3 Å². The van der Waals surface area contributed by atoms with Gasteiger partial charge in [0, 0.05) is 5.69 Å². The number of nitrogens with one attached hydrogen (secondary N) is 1. The van der Waals surface area contributed by atoms with Crippen LogP contribution in [-0.4, -0.2) is 17.0 Å². The van der Waals surface area contributed by atoms with Crippen LogP contribution in [0.5, 0.6) is 0 Å². The number of hydrogen-bond donors (Lipinski definition) is 2. The Morgan fingerprint density at radius 2 is 1.95 bits per heavy atom. The molecular formula is C14H16FNO3. The maximum absolute atomic E-state index is 13.4. The van der Waals surface area contributed by atoms with Gasteiger partial charge < -0.3 is 10.4 Å². The lowest BCUT2D eigenvalue weighted by Crippen LogP contribution is -2.17. The monoisotopic (exact) mass is 265 g/mol. The van der Waals surface area contributed by atoms with Crippen molar-refractivity contribution in [3.63, 3.8) is 0 Å². The summed E-state index contributed by atoms with van der Waals surface area (Å²) in [6.07, 6.45) is 0. The largest absolute Gasteiger partial charge is 0.481 e. The molecule has 1 aromatic carbocycles. The molecule has 0 heterocycles. The van der Waals surface area contributed by atoms with Crippen LogP contribution < -0.4 is 5.32 Å². The molecule has 2 unspecified atom stereocenters. The molecule has 0 saturated heterocycles. The average molecular weight is 265 g/mol. The highest BCUT2D eigenvalue weighted by Gasteiger charge is 2.65. The Hall–Kier alpha value is -1.91. The second-order valence-electron chi connectivity index (χ2n) is 5.57. The molecule has 5 heteroatoms. The minimum absolute atomic E-state index is 0.347. The molecule has 1 aliphatic carbocycles. The number of aliphatic carboxylic acids is 1. The Balaban J connectivity index is 2.10. The van der Waals surface area contributed by atoms with E-state index in [1.807, 2.05) is 0 Å². The van der Waals surface area contributed by atoms with Gasteiger partial charge in [-0.3, -0.25) is 9.59 Å². The third kappa shape index (κ3) is 2.32. The standard InChI is InChI=1S/C14H16FNO3/c1-7-4-5-8(6-9(7)15)16-12(17)10-11(13(18)19)14(10,2)3/h4-6,10-11H,1-3H3,(H,16,17)(H,18,19). The van der Waals surface area contributed by atoms with Gasteiger partial charge >= 0.3 is 5.97 Å². The first kappa shape index (κ1) is 13.5. The quantitative estimate of drug-likeness (QED) is 0.882. The third-order valence-corrected chi connectivity index (χ3v) is 3.82. The molecule has 19 heavy (non-hydrogen) atoms. The minimum Gasteiger partial charge on any atom is -0.481 e. The lowest BCUT2D eigenvalue weighted by atomic mass is 10.1.